The number of hydrogen-bond donors (Lipinski definition) is 1. The number of fused-ring (bicyclic) bond motifs is 3. The zero-order valence-corrected chi connectivity index (χ0v) is 13.4. The van der Waals surface area contributed by atoms with Gasteiger partial charge in [-0.1, -0.05) is 6.08 Å². The molecule has 0 aliphatic carbocycles. The highest BCUT2D eigenvalue weighted by molar-refractivity contribution is 7.88. The normalized spacial score (nSPS) is 33.5. The minimum atomic E-state index is -3.08. The molecule has 116 valence electrons. The summed E-state index contributed by atoms with van der Waals surface area (Å²) in [5.74, 6) is 1.45. The number of rotatable bonds is 7. The van der Waals surface area contributed by atoms with E-state index in [4.69, 9.17) is 0 Å². The lowest BCUT2D eigenvalue weighted by atomic mass is 9.75. The fourth-order valence-corrected chi connectivity index (χ4v) is 4.11. The van der Waals surface area contributed by atoms with E-state index in [2.05, 4.69) is 28.1 Å². The van der Waals surface area contributed by atoms with Gasteiger partial charge in [-0.2, -0.15) is 0 Å². The molecule has 0 spiro atoms. The molecule has 6 heteroatoms. The summed E-state index contributed by atoms with van der Waals surface area (Å²) in [6.07, 6.45) is 5.55. The first kappa shape index (κ1) is 15.9. The molecule has 3 aliphatic rings. The number of hydrogen-bond acceptors (Lipinski definition) is 4. The van der Waals surface area contributed by atoms with E-state index in [1.54, 1.807) is 0 Å². The molecular formula is C14H27N3O2S. The summed E-state index contributed by atoms with van der Waals surface area (Å²) >= 11 is 0. The molecule has 3 fully saturated rings. The van der Waals surface area contributed by atoms with Crippen molar-refractivity contribution < 1.29 is 8.42 Å². The second-order valence-corrected chi connectivity index (χ2v) is 8.16. The summed E-state index contributed by atoms with van der Waals surface area (Å²) in [6.45, 7) is 8.60. The number of likely N-dealkylation sites (N-methyl/N-ethyl adjacent to an activating group) is 1. The average Bonchev–Trinajstić information content (AvgIpc) is 2.37. The fraction of sp³-hybridized carbons (Fsp3) is 0.857. The Morgan fingerprint density at radius 1 is 1.50 bits per heavy atom. The zero-order valence-electron chi connectivity index (χ0n) is 12.6. The van der Waals surface area contributed by atoms with E-state index < -0.39 is 10.0 Å². The Morgan fingerprint density at radius 2 is 2.25 bits per heavy atom. The summed E-state index contributed by atoms with van der Waals surface area (Å²) in [5, 5.41) is 0. The maximum atomic E-state index is 11.2. The highest BCUT2D eigenvalue weighted by Gasteiger charge is 2.40. The van der Waals surface area contributed by atoms with Crippen LogP contribution in [0.25, 0.3) is 0 Å². The van der Waals surface area contributed by atoms with Gasteiger partial charge in [0.15, 0.2) is 0 Å². The van der Waals surface area contributed by atoms with Gasteiger partial charge in [0.05, 0.1) is 6.26 Å². The van der Waals surface area contributed by atoms with Crippen LogP contribution in [0, 0.1) is 11.8 Å². The van der Waals surface area contributed by atoms with E-state index in [1.807, 2.05) is 6.08 Å². The van der Waals surface area contributed by atoms with Crippen LogP contribution in [0.5, 0.6) is 0 Å². The minimum Gasteiger partial charge on any atom is -0.302 e. The predicted molar refractivity (Wildman–Crippen MR) is 82.1 cm³/mol. The van der Waals surface area contributed by atoms with E-state index >= 15 is 0 Å². The molecule has 20 heavy (non-hydrogen) atoms. The van der Waals surface area contributed by atoms with Gasteiger partial charge in [0.2, 0.25) is 10.0 Å². The van der Waals surface area contributed by atoms with E-state index in [0.29, 0.717) is 18.5 Å². The minimum absolute atomic E-state index is 0.379. The van der Waals surface area contributed by atoms with Crippen LogP contribution in [0.2, 0.25) is 0 Å². The van der Waals surface area contributed by atoms with E-state index in [9.17, 15) is 8.42 Å². The van der Waals surface area contributed by atoms with Crippen LogP contribution < -0.4 is 4.72 Å². The number of nitrogens with one attached hydrogen (secondary N) is 1. The van der Waals surface area contributed by atoms with Crippen molar-refractivity contribution >= 4 is 10.0 Å². The lowest BCUT2D eigenvalue weighted by Gasteiger charge is -2.50. The summed E-state index contributed by atoms with van der Waals surface area (Å²) in [4.78, 5) is 4.79. The van der Waals surface area contributed by atoms with Crippen LogP contribution in [0.15, 0.2) is 12.7 Å². The number of sulfonamides is 1. The van der Waals surface area contributed by atoms with Crippen LogP contribution in [0.1, 0.15) is 12.8 Å². The third kappa shape index (κ3) is 4.28. The monoisotopic (exact) mass is 301 g/mol. The first-order valence-corrected chi connectivity index (χ1v) is 9.26. The average molecular weight is 301 g/mol. The first-order chi connectivity index (χ1) is 9.39. The van der Waals surface area contributed by atoms with E-state index in [1.165, 1.54) is 12.7 Å². The molecule has 0 amide bonds. The largest absolute Gasteiger partial charge is 0.302 e. The molecule has 0 radical (unpaired) electrons. The Balaban J connectivity index is 1.86. The summed E-state index contributed by atoms with van der Waals surface area (Å²) in [7, 11) is -0.935. The van der Waals surface area contributed by atoms with Gasteiger partial charge in [-0.15, -0.1) is 6.58 Å². The molecule has 0 aromatic rings. The van der Waals surface area contributed by atoms with Crippen molar-refractivity contribution in [3.05, 3.63) is 12.7 Å². The number of piperidine rings is 3. The second-order valence-electron chi connectivity index (χ2n) is 6.32. The molecule has 0 aromatic heterocycles. The molecule has 3 aliphatic heterocycles. The van der Waals surface area contributed by atoms with Crippen molar-refractivity contribution in [1.82, 2.24) is 14.5 Å². The SMILES string of the molecule is C=CCN(C)CC1CN2CCC1CC2CNS(C)(=O)=O. The topological polar surface area (TPSA) is 52.6 Å². The van der Waals surface area contributed by atoms with Gasteiger partial charge in [0, 0.05) is 32.2 Å². The molecule has 0 aromatic carbocycles. The quantitative estimate of drug-likeness (QED) is 0.690. The van der Waals surface area contributed by atoms with Gasteiger partial charge in [-0.3, -0.25) is 4.90 Å². The van der Waals surface area contributed by atoms with Crippen LogP contribution in [-0.2, 0) is 10.0 Å². The molecule has 3 saturated heterocycles. The van der Waals surface area contributed by atoms with Crippen molar-refractivity contribution in [2.24, 2.45) is 11.8 Å². The van der Waals surface area contributed by atoms with Gasteiger partial charge in [0.25, 0.3) is 0 Å². The lowest BCUT2D eigenvalue weighted by Crippen LogP contribution is -2.58. The number of nitrogens with zero attached hydrogens (tertiary/aromatic N) is 2. The third-order valence-corrected chi connectivity index (χ3v) is 5.27. The lowest BCUT2D eigenvalue weighted by molar-refractivity contribution is -0.00639. The Hall–Kier alpha value is -0.430. The maximum absolute atomic E-state index is 11.2. The molecule has 3 heterocycles. The first-order valence-electron chi connectivity index (χ1n) is 7.37. The molecule has 3 rings (SSSR count). The van der Waals surface area contributed by atoms with Crippen molar-refractivity contribution in [1.29, 1.82) is 0 Å². The molecule has 0 saturated carbocycles. The fourth-order valence-electron chi connectivity index (χ4n) is 3.61. The molecule has 4 atom stereocenters. The standard InChI is InChI=1S/C14H27N3O2S/c1-4-6-16(2)10-13-11-17-7-5-12(13)8-14(17)9-15-20(3,18)19/h4,12-15H,1,5-11H2,2-3H3. The van der Waals surface area contributed by atoms with Crippen molar-refractivity contribution in [3.63, 3.8) is 0 Å². The highest BCUT2D eigenvalue weighted by Crippen LogP contribution is 2.36. The van der Waals surface area contributed by atoms with Crippen molar-refractivity contribution in [3.8, 4) is 0 Å². The van der Waals surface area contributed by atoms with Gasteiger partial charge in [0.1, 0.15) is 0 Å². The Morgan fingerprint density at radius 3 is 2.80 bits per heavy atom. The molecule has 4 unspecified atom stereocenters. The van der Waals surface area contributed by atoms with Gasteiger partial charge >= 0.3 is 0 Å². The Labute approximate surface area is 123 Å². The summed E-state index contributed by atoms with van der Waals surface area (Å²) < 4.78 is 25.1. The second kappa shape index (κ2) is 6.56. The Kier molecular flexibility index (Phi) is 5.23. The molecule has 1 N–H and O–H groups in total. The van der Waals surface area contributed by atoms with Gasteiger partial charge in [-0.05, 0) is 38.3 Å². The third-order valence-electron chi connectivity index (χ3n) is 4.58. The van der Waals surface area contributed by atoms with Gasteiger partial charge < -0.3 is 4.90 Å². The molecule has 2 bridgehead atoms. The highest BCUT2D eigenvalue weighted by atomic mass is 32.2. The molecule has 5 nitrogen and oxygen atoms in total. The summed E-state index contributed by atoms with van der Waals surface area (Å²) in [6, 6.07) is 0.379. The van der Waals surface area contributed by atoms with Crippen LogP contribution in [-0.4, -0.2) is 70.3 Å². The summed E-state index contributed by atoms with van der Waals surface area (Å²) in [5.41, 5.74) is 0. The van der Waals surface area contributed by atoms with Crippen molar-refractivity contribution in [2.75, 3.05) is 46.0 Å². The van der Waals surface area contributed by atoms with Gasteiger partial charge in [-0.25, -0.2) is 13.1 Å². The van der Waals surface area contributed by atoms with Crippen molar-refractivity contribution in [2.45, 2.75) is 18.9 Å². The predicted octanol–water partition coefficient (Wildman–Crippen LogP) is 0.364. The van der Waals surface area contributed by atoms with Crippen LogP contribution in [0.3, 0.4) is 0 Å². The zero-order chi connectivity index (χ0) is 14.8. The van der Waals surface area contributed by atoms with Crippen LogP contribution in [0.4, 0.5) is 0 Å². The van der Waals surface area contributed by atoms with E-state index in [-0.39, 0.29) is 0 Å². The smallest absolute Gasteiger partial charge is 0.208 e. The molecular weight excluding hydrogens is 274 g/mol. The van der Waals surface area contributed by atoms with Crippen LogP contribution >= 0.6 is 0 Å². The maximum Gasteiger partial charge on any atom is 0.208 e. The van der Waals surface area contributed by atoms with E-state index in [0.717, 1.165) is 38.5 Å². The Bertz CT molecular complexity index is 438.